The Morgan fingerprint density at radius 1 is 1.13 bits per heavy atom. The van der Waals surface area contributed by atoms with Crippen molar-refractivity contribution < 1.29 is 9.53 Å². The zero-order valence-corrected chi connectivity index (χ0v) is 15.0. The van der Waals surface area contributed by atoms with Crippen LogP contribution in [0.25, 0.3) is 20.3 Å². The van der Waals surface area contributed by atoms with Crippen molar-refractivity contribution in [2.24, 2.45) is 0 Å². The summed E-state index contributed by atoms with van der Waals surface area (Å²) in [7, 11) is 0. The van der Waals surface area contributed by atoms with E-state index in [0.29, 0.717) is 4.88 Å². The summed E-state index contributed by atoms with van der Waals surface area (Å²) < 4.78 is 7.75. The molecule has 3 nitrogen and oxygen atoms in total. The van der Waals surface area contributed by atoms with Crippen molar-refractivity contribution in [1.82, 2.24) is 4.98 Å². The van der Waals surface area contributed by atoms with Crippen molar-refractivity contribution >= 4 is 60.3 Å². The van der Waals surface area contributed by atoms with Gasteiger partial charge < -0.3 is 4.74 Å². The molecule has 0 unspecified atom stereocenters. The van der Waals surface area contributed by atoms with Crippen LogP contribution in [0.15, 0.2) is 30.3 Å². The van der Waals surface area contributed by atoms with E-state index >= 15 is 0 Å². The van der Waals surface area contributed by atoms with Gasteiger partial charge in [-0.25, -0.2) is 9.78 Å². The molecule has 1 aromatic carbocycles. The van der Waals surface area contributed by atoms with E-state index in [1.54, 1.807) is 22.7 Å². The molecule has 0 spiro atoms. The first-order valence-electron chi connectivity index (χ1n) is 7.13. The fourth-order valence-corrected chi connectivity index (χ4v) is 5.66. The SMILES string of the molecule is Cc1sc(C)c2sc(C(=O)OCc3nc4ccccc4s3)cc12. The lowest BCUT2D eigenvalue weighted by atomic mass is 10.3. The lowest BCUT2D eigenvalue weighted by Gasteiger charge is -1.99. The van der Waals surface area contributed by atoms with E-state index < -0.39 is 0 Å². The summed E-state index contributed by atoms with van der Waals surface area (Å²) in [5, 5.41) is 1.99. The molecule has 0 N–H and O–H groups in total. The van der Waals surface area contributed by atoms with Crippen molar-refractivity contribution in [1.29, 1.82) is 0 Å². The van der Waals surface area contributed by atoms with Gasteiger partial charge in [-0.05, 0) is 32.0 Å². The monoisotopic (exact) mass is 359 g/mol. The Bertz CT molecular complexity index is 958. The van der Waals surface area contributed by atoms with E-state index in [2.05, 4.69) is 18.8 Å². The van der Waals surface area contributed by atoms with Crippen LogP contribution in [-0.2, 0) is 11.3 Å². The maximum absolute atomic E-state index is 12.3. The number of thiazole rings is 1. The van der Waals surface area contributed by atoms with Crippen LogP contribution in [0.1, 0.15) is 24.4 Å². The molecule has 0 aliphatic heterocycles. The first-order valence-corrected chi connectivity index (χ1v) is 9.58. The summed E-state index contributed by atoms with van der Waals surface area (Å²) in [6.07, 6.45) is 0. The number of nitrogens with zero attached hydrogens (tertiary/aromatic N) is 1. The lowest BCUT2D eigenvalue weighted by molar-refractivity contribution is 0.0478. The Morgan fingerprint density at radius 3 is 2.74 bits per heavy atom. The molecule has 0 saturated heterocycles. The minimum absolute atomic E-state index is 0.223. The molecule has 0 saturated carbocycles. The van der Waals surface area contributed by atoms with Gasteiger partial charge in [0.25, 0.3) is 0 Å². The van der Waals surface area contributed by atoms with Gasteiger partial charge in [0, 0.05) is 19.8 Å². The van der Waals surface area contributed by atoms with Crippen LogP contribution in [-0.4, -0.2) is 11.0 Å². The summed E-state index contributed by atoms with van der Waals surface area (Å²) >= 11 is 4.85. The maximum Gasteiger partial charge on any atom is 0.348 e. The van der Waals surface area contributed by atoms with Gasteiger partial charge in [-0.15, -0.1) is 34.0 Å². The van der Waals surface area contributed by atoms with Crippen LogP contribution in [0.3, 0.4) is 0 Å². The Morgan fingerprint density at radius 2 is 1.96 bits per heavy atom. The molecule has 0 amide bonds. The standard InChI is InChI=1S/C17H13NO2S3/c1-9-11-7-14(23-16(11)10(2)21-9)17(19)20-8-15-18-12-5-3-4-6-13(12)22-15/h3-7H,8H2,1-2H3. The first kappa shape index (κ1) is 14.8. The topological polar surface area (TPSA) is 39.2 Å². The number of para-hydroxylation sites is 1. The number of carbonyl (C=O) groups excluding carboxylic acids is 1. The van der Waals surface area contributed by atoms with E-state index in [1.165, 1.54) is 31.2 Å². The van der Waals surface area contributed by atoms with Crippen LogP contribution in [0, 0.1) is 13.8 Å². The second-order valence-corrected chi connectivity index (χ2v) is 8.82. The molecule has 3 aromatic heterocycles. The highest BCUT2D eigenvalue weighted by molar-refractivity contribution is 7.25. The molecule has 4 aromatic rings. The van der Waals surface area contributed by atoms with E-state index in [0.717, 1.165) is 15.2 Å². The molecular formula is C17H13NO2S3. The number of esters is 1. The number of thiophene rings is 2. The summed E-state index contributed by atoms with van der Waals surface area (Å²) in [5.41, 5.74) is 0.950. The number of benzene rings is 1. The summed E-state index contributed by atoms with van der Waals surface area (Å²) in [6.45, 7) is 4.40. The Labute approximate surface area is 145 Å². The van der Waals surface area contributed by atoms with Crippen molar-refractivity contribution in [2.45, 2.75) is 20.5 Å². The molecule has 6 heteroatoms. The van der Waals surface area contributed by atoms with Crippen LogP contribution in [0.4, 0.5) is 0 Å². The highest BCUT2D eigenvalue weighted by Gasteiger charge is 2.16. The summed E-state index contributed by atoms with van der Waals surface area (Å²) in [6, 6.07) is 9.88. The number of aromatic nitrogens is 1. The average Bonchev–Trinajstić information content (AvgIpc) is 3.21. The smallest absolute Gasteiger partial charge is 0.348 e. The molecular weight excluding hydrogens is 346 g/mol. The van der Waals surface area contributed by atoms with Crippen molar-refractivity contribution in [3.63, 3.8) is 0 Å². The normalized spacial score (nSPS) is 11.4. The molecule has 116 valence electrons. The fourth-order valence-electron chi connectivity index (χ4n) is 2.53. The van der Waals surface area contributed by atoms with Crippen molar-refractivity contribution in [3.05, 3.63) is 50.0 Å². The Hall–Kier alpha value is -1.76. The first-order chi connectivity index (χ1) is 11.1. The van der Waals surface area contributed by atoms with Gasteiger partial charge in [-0.3, -0.25) is 0 Å². The second-order valence-electron chi connectivity index (χ2n) is 5.22. The number of ether oxygens (including phenoxy) is 1. The number of hydrogen-bond donors (Lipinski definition) is 0. The van der Waals surface area contributed by atoms with Crippen LogP contribution in [0.2, 0.25) is 0 Å². The van der Waals surface area contributed by atoms with Crippen molar-refractivity contribution in [3.8, 4) is 0 Å². The van der Waals surface area contributed by atoms with Gasteiger partial charge in [-0.1, -0.05) is 12.1 Å². The molecule has 4 rings (SSSR count). The number of rotatable bonds is 3. The van der Waals surface area contributed by atoms with Crippen LogP contribution < -0.4 is 0 Å². The largest absolute Gasteiger partial charge is 0.454 e. The molecule has 23 heavy (non-hydrogen) atoms. The van der Waals surface area contributed by atoms with E-state index in [4.69, 9.17) is 4.74 Å². The molecule has 0 atom stereocenters. The minimum Gasteiger partial charge on any atom is -0.454 e. The third-order valence-corrected chi connectivity index (χ3v) is 7.01. The van der Waals surface area contributed by atoms with Crippen molar-refractivity contribution in [2.75, 3.05) is 0 Å². The zero-order chi connectivity index (χ0) is 16.0. The predicted octanol–water partition coefficient (Wildman–Crippen LogP) is 5.55. The molecule has 0 aliphatic rings. The second kappa shape index (κ2) is 5.70. The van der Waals surface area contributed by atoms with Crippen LogP contribution in [0.5, 0.6) is 0 Å². The third kappa shape index (κ3) is 2.67. The molecule has 0 radical (unpaired) electrons. The molecule has 0 aliphatic carbocycles. The lowest BCUT2D eigenvalue weighted by Crippen LogP contribution is -2.02. The zero-order valence-electron chi connectivity index (χ0n) is 12.6. The van der Waals surface area contributed by atoms with E-state index in [9.17, 15) is 4.79 Å². The molecule has 3 heterocycles. The van der Waals surface area contributed by atoms with Gasteiger partial charge >= 0.3 is 5.97 Å². The van der Waals surface area contributed by atoms with Gasteiger partial charge in [-0.2, -0.15) is 0 Å². The summed E-state index contributed by atoms with van der Waals surface area (Å²) in [5.74, 6) is -0.269. The molecule has 0 fully saturated rings. The average molecular weight is 359 g/mol. The highest BCUT2D eigenvalue weighted by Crippen LogP contribution is 2.37. The van der Waals surface area contributed by atoms with Crippen LogP contribution >= 0.6 is 34.0 Å². The number of hydrogen-bond acceptors (Lipinski definition) is 6. The summed E-state index contributed by atoms with van der Waals surface area (Å²) in [4.78, 5) is 19.9. The fraction of sp³-hybridized carbons (Fsp3) is 0.176. The van der Waals surface area contributed by atoms with Gasteiger partial charge in [0.2, 0.25) is 0 Å². The Kier molecular flexibility index (Phi) is 3.67. The Balaban J connectivity index is 1.53. The quantitative estimate of drug-likeness (QED) is 0.450. The number of aryl methyl sites for hydroxylation is 2. The number of carbonyl (C=O) groups is 1. The van der Waals surface area contributed by atoms with Gasteiger partial charge in [0.15, 0.2) is 0 Å². The van der Waals surface area contributed by atoms with E-state index in [-0.39, 0.29) is 12.6 Å². The predicted molar refractivity (Wildman–Crippen MR) is 97.9 cm³/mol. The third-order valence-electron chi connectivity index (χ3n) is 3.60. The van der Waals surface area contributed by atoms with E-state index in [1.807, 2.05) is 30.3 Å². The highest BCUT2D eigenvalue weighted by atomic mass is 32.1. The molecule has 0 bridgehead atoms. The maximum atomic E-state index is 12.3. The van der Waals surface area contributed by atoms with Gasteiger partial charge in [0.1, 0.15) is 16.5 Å². The van der Waals surface area contributed by atoms with Gasteiger partial charge in [0.05, 0.1) is 10.2 Å². The minimum atomic E-state index is -0.269. The number of fused-ring (bicyclic) bond motifs is 2.